The Balaban J connectivity index is 3.01. The van der Waals surface area contributed by atoms with E-state index in [9.17, 15) is 8.78 Å². The number of benzene rings is 1. The molecule has 0 radical (unpaired) electrons. The molecule has 5 heteroatoms. The molecule has 0 saturated heterocycles. The van der Waals surface area contributed by atoms with E-state index in [0.29, 0.717) is 5.56 Å². The fourth-order valence-electron chi connectivity index (χ4n) is 1.16. The quantitative estimate of drug-likeness (QED) is 0.760. The van der Waals surface area contributed by atoms with Crippen LogP contribution < -0.4 is 4.74 Å². The molecule has 14 heavy (non-hydrogen) atoms. The normalized spacial score (nSPS) is 10.7. The molecule has 0 bridgehead atoms. The summed E-state index contributed by atoms with van der Waals surface area (Å²) >= 11 is 0. The summed E-state index contributed by atoms with van der Waals surface area (Å²) < 4.78 is 30.7. The Kier molecular flexibility index (Phi) is 3.38. The summed E-state index contributed by atoms with van der Waals surface area (Å²) in [6, 6.07) is 2.24. The fourth-order valence-corrected chi connectivity index (χ4v) is 1.16. The zero-order valence-electron chi connectivity index (χ0n) is 7.92. The molecule has 0 aliphatic heterocycles. The van der Waals surface area contributed by atoms with Gasteiger partial charge in [-0.25, -0.2) is 8.78 Å². The van der Waals surface area contributed by atoms with Crippen LogP contribution in [0.2, 0.25) is 0 Å². The fraction of sp³-hybridized carbons (Fsp3) is 0.333. The molecule has 0 saturated carbocycles. The number of hydrogen-bond acceptors (Lipinski definition) is 3. The van der Waals surface area contributed by atoms with Crippen molar-refractivity contribution in [3.63, 3.8) is 0 Å². The average molecular weight is 203 g/mol. The molecule has 0 atom stereocenters. The van der Waals surface area contributed by atoms with Gasteiger partial charge in [-0.3, -0.25) is 0 Å². The van der Waals surface area contributed by atoms with Crippen LogP contribution in [0.25, 0.3) is 0 Å². The Morgan fingerprint density at radius 1 is 1.36 bits per heavy atom. The average Bonchev–Trinajstić information content (AvgIpc) is 2.01. The van der Waals surface area contributed by atoms with Crippen LogP contribution in [0, 0.1) is 11.6 Å². The zero-order chi connectivity index (χ0) is 10.7. The van der Waals surface area contributed by atoms with Crippen LogP contribution in [-0.4, -0.2) is 24.4 Å². The lowest BCUT2D eigenvalue weighted by molar-refractivity contribution is -0.0732. The van der Waals surface area contributed by atoms with Crippen molar-refractivity contribution < 1.29 is 18.7 Å². The highest BCUT2D eigenvalue weighted by atomic mass is 19.1. The molecule has 1 rings (SSSR count). The third-order valence-corrected chi connectivity index (χ3v) is 1.67. The highest BCUT2D eigenvalue weighted by molar-refractivity contribution is 5.31. The van der Waals surface area contributed by atoms with Crippen molar-refractivity contribution in [1.29, 1.82) is 0 Å². The summed E-state index contributed by atoms with van der Waals surface area (Å²) in [5, 5.41) is 9.71. The SMILES string of the molecule is COc1c(F)cc(CN(C)O)cc1F. The summed E-state index contributed by atoms with van der Waals surface area (Å²) in [5.74, 6) is -1.96. The number of methoxy groups -OCH3 is 1. The standard InChI is InChI=1S/C9H11F2NO2/c1-12(13)5-6-3-7(10)9(14-2)8(11)4-6/h3-4,13H,5H2,1-2H3. The first kappa shape index (κ1) is 10.9. The zero-order valence-corrected chi connectivity index (χ0v) is 7.92. The summed E-state index contributed by atoms with van der Waals surface area (Å²) in [6.45, 7) is 0.0534. The van der Waals surface area contributed by atoms with E-state index < -0.39 is 17.4 Å². The van der Waals surface area contributed by atoms with E-state index in [2.05, 4.69) is 4.74 Å². The largest absolute Gasteiger partial charge is 0.491 e. The maximum Gasteiger partial charge on any atom is 0.190 e. The van der Waals surface area contributed by atoms with Crippen LogP contribution in [0.15, 0.2) is 12.1 Å². The van der Waals surface area contributed by atoms with Crippen LogP contribution >= 0.6 is 0 Å². The van der Waals surface area contributed by atoms with Gasteiger partial charge in [0, 0.05) is 13.6 Å². The Bertz CT molecular complexity index is 306. The molecule has 0 amide bonds. The Hall–Kier alpha value is -1.20. The molecule has 0 aliphatic carbocycles. The van der Waals surface area contributed by atoms with Crippen LogP contribution in [-0.2, 0) is 6.54 Å². The van der Waals surface area contributed by atoms with Crippen molar-refractivity contribution in [1.82, 2.24) is 5.06 Å². The van der Waals surface area contributed by atoms with E-state index in [1.54, 1.807) is 0 Å². The molecule has 0 aromatic heterocycles. The highest BCUT2D eigenvalue weighted by Crippen LogP contribution is 2.22. The lowest BCUT2D eigenvalue weighted by atomic mass is 10.2. The second-order valence-electron chi connectivity index (χ2n) is 2.91. The lowest BCUT2D eigenvalue weighted by Gasteiger charge is -2.10. The van der Waals surface area contributed by atoms with Gasteiger partial charge in [-0.15, -0.1) is 0 Å². The molecular weight excluding hydrogens is 192 g/mol. The number of nitrogens with zero attached hydrogens (tertiary/aromatic N) is 1. The van der Waals surface area contributed by atoms with Crippen molar-refractivity contribution in [2.45, 2.75) is 6.54 Å². The molecule has 0 aliphatic rings. The van der Waals surface area contributed by atoms with Crippen LogP contribution in [0.5, 0.6) is 5.75 Å². The predicted molar refractivity (Wildman–Crippen MR) is 46.2 cm³/mol. The first-order chi connectivity index (χ1) is 6.54. The van der Waals surface area contributed by atoms with Gasteiger partial charge in [-0.2, -0.15) is 5.06 Å². The number of hydrogen-bond donors (Lipinski definition) is 1. The van der Waals surface area contributed by atoms with Gasteiger partial charge in [0.15, 0.2) is 17.4 Å². The molecule has 1 aromatic carbocycles. The molecule has 1 N–H and O–H groups in total. The maximum absolute atomic E-state index is 13.1. The summed E-state index contributed by atoms with van der Waals surface area (Å²) in [4.78, 5) is 0. The van der Waals surface area contributed by atoms with Gasteiger partial charge in [0.1, 0.15) is 0 Å². The predicted octanol–water partition coefficient (Wildman–Crippen LogP) is 1.79. The Morgan fingerprint density at radius 3 is 2.21 bits per heavy atom. The van der Waals surface area contributed by atoms with Crippen molar-refractivity contribution in [3.8, 4) is 5.75 Å². The first-order valence-electron chi connectivity index (χ1n) is 3.96. The Morgan fingerprint density at radius 2 is 1.86 bits per heavy atom. The monoisotopic (exact) mass is 203 g/mol. The van der Waals surface area contributed by atoms with Crippen molar-refractivity contribution in [2.75, 3.05) is 14.2 Å². The smallest absolute Gasteiger partial charge is 0.190 e. The van der Waals surface area contributed by atoms with E-state index in [1.807, 2.05) is 0 Å². The van der Waals surface area contributed by atoms with Gasteiger partial charge in [0.05, 0.1) is 7.11 Å². The van der Waals surface area contributed by atoms with Gasteiger partial charge >= 0.3 is 0 Å². The molecule has 0 fully saturated rings. The first-order valence-corrected chi connectivity index (χ1v) is 3.96. The Labute approximate surface area is 80.5 Å². The molecule has 0 spiro atoms. The molecular formula is C9H11F2NO2. The third-order valence-electron chi connectivity index (χ3n) is 1.67. The van der Waals surface area contributed by atoms with Gasteiger partial charge in [-0.1, -0.05) is 0 Å². The second kappa shape index (κ2) is 4.34. The highest BCUT2D eigenvalue weighted by Gasteiger charge is 2.11. The van der Waals surface area contributed by atoms with Crippen LogP contribution in [0.3, 0.4) is 0 Å². The second-order valence-corrected chi connectivity index (χ2v) is 2.91. The minimum Gasteiger partial charge on any atom is -0.491 e. The summed E-state index contributed by atoms with van der Waals surface area (Å²) in [7, 11) is 2.58. The molecule has 0 unspecified atom stereocenters. The van der Waals surface area contributed by atoms with Crippen LogP contribution in [0.1, 0.15) is 5.56 Å². The molecule has 3 nitrogen and oxygen atoms in total. The van der Waals surface area contributed by atoms with Gasteiger partial charge in [0.25, 0.3) is 0 Å². The van der Waals surface area contributed by atoms with Gasteiger partial charge < -0.3 is 9.94 Å². The van der Waals surface area contributed by atoms with Gasteiger partial charge in [-0.05, 0) is 17.7 Å². The number of ether oxygens (including phenoxy) is 1. The van der Waals surface area contributed by atoms with E-state index in [-0.39, 0.29) is 6.54 Å². The number of rotatable bonds is 3. The van der Waals surface area contributed by atoms with Crippen molar-refractivity contribution in [2.24, 2.45) is 0 Å². The van der Waals surface area contributed by atoms with E-state index in [1.165, 1.54) is 14.2 Å². The van der Waals surface area contributed by atoms with Crippen molar-refractivity contribution >= 4 is 0 Å². The van der Waals surface area contributed by atoms with E-state index in [0.717, 1.165) is 17.2 Å². The third kappa shape index (κ3) is 2.40. The maximum atomic E-state index is 13.1. The summed E-state index contributed by atoms with van der Waals surface area (Å²) in [5.41, 5.74) is 0.339. The lowest BCUT2D eigenvalue weighted by Crippen LogP contribution is -2.12. The minimum absolute atomic E-state index is 0.0534. The topological polar surface area (TPSA) is 32.7 Å². The van der Waals surface area contributed by atoms with E-state index in [4.69, 9.17) is 5.21 Å². The number of halogens is 2. The van der Waals surface area contributed by atoms with Crippen LogP contribution in [0.4, 0.5) is 8.78 Å². The number of hydroxylamine groups is 2. The minimum atomic E-state index is -0.774. The molecule has 1 aromatic rings. The van der Waals surface area contributed by atoms with Gasteiger partial charge in [0.2, 0.25) is 0 Å². The summed E-state index contributed by atoms with van der Waals surface area (Å²) in [6.07, 6.45) is 0. The molecule has 78 valence electrons. The van der Waals surface area contributed by atoms with E-state index >= 15 is 0 Å². The molecule has 0 heterocycles. The van der Waals surface area contributed by atoms with Crippen molar-refractivity contribution in [3.05, 3.63) is 29.3 Å².